The van der Waals surface area contributed by atoms with Crippen molar-refractivity contribution < 1.29 is 4.39 Å². The molecule has 1 saturated carbocycles. The van der Waals surface area contributed by atoms with Gasteiger partial charge in [-0.3, -0.25) is 4.39 Å². The highest BCUT2D eigenvalue weighted by atomic mass is 35.5. The summed E-state index contributed by atoms with van der Waals surface area (Å²) in [4.78, 5) is 0. The Labute approximate surface area is 91.4 Å². The first-order valence-corrected chi connectivity index (χ1v) is 6.19. The quantitative estimate of drug-likeness (QED) is 0.537. The smallest absolute Gasteiger partial charge is 0.0906 e. The zero-order valence-electron chi connectivity index (χ0n) is 8.83. The summed E-state index contributed by atoms with van der Waals surface area (Å²) in [6.07, 6.45) is 7.05. The Kier molecular flexibility index (Phi) is 5.80. The Morgan fingerprint density at radius 1 is 1.21 bits per heavy atom. The summed E-state index contributed by atoms with van der Waals surface area (Å²) >= 11 is 6.04. The van der Waals surface area contributed by atoms with Crippen LogP contribution >= 0.6 is 11.6 Å². The molecule has 0 aromatic heterocycles. The highest BCUT2D eigenvalue weighted by Gasteiger charge is 2.30. The van der Waals surface area contributed by atoms with E-state index in [1.54, 1.807) is 0 Å². The Morgan fingerprint density at radius 3 is 2.50 bits per heavy atom. The van der Waals surface area contributed by atoms with Crippen LogP contribution in [-0.2, 0) is 0 Å². The molecule has 0 atom stereocenters. The summed E-state index contributed by atoms with van der Waals surface area (Å²) in [5.74, 6) is 0.746. The molecule has 0 heterocycles. The van der Waals surface area contributed by atoms with Crippen LogP contribution < -0.4 is 5.32 Å². The average Bonchev–Trinajstić information content (AvgIpc) is 2.26. The Morgan fingerprint density at radius 2 is 1.93 bits per heavy atom. The first kappa shape index (κ1) is 12.3. The summed E-state index contributed by atoms with van der Waals surface area (Å²) in [6.45, 7) is 1.53. The molecule has 84 valence electrons. The highest BCUT2D eigenvalue weighted by molar-refractivity contribution is 6.18. The Bertz CT molecular complexity index is 146. The van der Waals surface area contributed by atoms with E-state index in [0.717, 1.165) is 19.0 Å². The van der Waals surface area contributed by atoms with Crippen molar-refractivity contribution in [2.75, 3.05) is 25.6 Å². The fourth-order valence-corrected chi connectivity index (χ4v) is 2.57. The minimum absolute atomic E-state index is 0.221. The molecule has 0 bridgehead atoms. The minimum Gasteiger partial charge on any atom is -0.316 e. The van der Waals surface area contributed by atoms with Gasteiger partial charge in [0, 0.05) is 12.4 Å². The second-order valence-corrected chi connectivity index (χ2v) is 4.68. The van der Waals surface area contributed by atoms with Gasteiger partial charge in [-0.15, -0.1) is 11.6 Å². The van der Waals surface area contributed by atoms with E-state index in [4.69, 9.17) is 11.6 Å². The molecule has 1 rings (SSSR count). The standard InChI is InChI=1S/C11H21ClFN/c12-9-11(5-2-1-3-6-11)10-14-8-4-7-13/h14H,1-10H2. The van der Waals surface area contributed by atoms with Gasteiger partial charge in [0.2, 0.25) is 0 Å². The van der Waals surface area contributed by atoms with Crippen LogP contribution in [0.1, 0.15) is 38.5 Å². The summed E-state index contributed by atoms with van der Waals surface area (Å²) in [5.41, 5.74) is 0.302. The second-order valence-electron chi connectivity index (χ2n) is 4.41. The first-order chi connectivity index (χ1) is 6.83. The summed E-state index contributed by atoms with van der Waals surface area (Å²) in [6, 6.07) is 0. The van der Waals surface area contributed by atoms with Gasteiger partial charge in [-0.25, -0.2) is 0 Å². The van der Waals surface area contributed by atoms with E-state index < -0.39 is 0 Å². The molecule has 0 saturated heterocycles. The van der Waals surface area contributed by atoms with Crippen molar-refractivity contribution in [1.29, 1.82) is 0 Å². The SMILES string of the molecule is FCCCNCC1(CCl)CCCCC1. The third-order valence-corrected chi connectivity index (χ3v) is 3.75. The van der Waals surface area contributed by atoms with Gasteiger partial charge in [0.05, 0.1) is 6.67 Å². The lowest BCUT2D eigenvalue weighted by Crippen LogP contribution is -2.38. The molecular formula is C11H21ClFN. The Balaban J connectivity index is 2.22. The van der Waals surface area contributed by atoms with Crippen molar-refractivity contribution >= 4 is 11.6 Å². The zero-order valence-corrected chi connectivity index (χ0v) is 9.58. The lowest BCUT2D eigenvalue weighted by molar-refractivity contribution is 0.212. The first-order valence-electron chi connectivity index (χ1n) is 5.66. The molecule has 0 amide bonds. The van der Waals surface area contributed by atoms with Crippen molar-refractivity contribution in [1.82, 2.24) is 5.32 Å². The monoisotopic (exact) mass is 221 g/mol. The van der Waals surface area contributed by atoms with Gasteiger partial charge in [-0.2, -0.15) is 0 Å². The van der Waals surface area contributed by atoms with E-state index in [1.807, 2.05) is 0 Å². The molecule has 14 heavy (non-hydrogen) atoms. The van der Waals surface area contributed by atoms with E-state index in [-0.39, 0.29) is 6.67 Å². The van der Waals surface area contributed by atoms with Crippen molar-refractivity contribution in [3.05, 3.63) is 0 Å². The molecular weight excluding hydrogens is 201 g/mol. The highest BCUT2D eigenvalue weighted by Crippen LogP contribution is 2.36. The van der Waals surface area contributed by atoms with Crippen molar-refractivity contribution in [2.45, 2.75) is 38.5 Å². The maximum atomic E-state index is 11.9. The van der Waals surface area contributed by atoms with Gasteiger partial charge in [-0.1, -0.05) is 19.3 Å². The lowest BCUT2D eigenvalue weighted by atomic mass is 9.75. The fourth-order valence-electron chi connectivity index (χ4n) is 2.20. The van der Waals surface area contributed by atoms with E-state index in [1.165, 1.54) is 32.1 Å². The second kappa shape index (κ2) is 6.62. The number of alkyl halides is 2. The minimum atomic E-state index is -0.221. The third-order valence-electron chi connectivity index (χ3n) is 3.18. The van der Waals surface area contributed by atoms with Crippen LogP contribution in [0.2, 0.25) is 0 Å². The van der Waals surface area contributed by atoms with E-state index in [9.17, 15) is 4.39 Å². The fraction of sp³-hybridized carbons (Fsp3) is 1.00. The normalized spacial score (nSPS) is 21.0. The van der Waals surface area contributed by atoms with Crippen LogP contribution in [0.5, 0.6) is 0 Å². The van der Waals surface area contributed by atoms with E-state index >= 15 is 0 Å². The van der Waals surface area contributed by atoms with Crippen LogP contribution in [0.15, 0.2) is 0 Å². The number of rotatable bonds is 6. The van der Waals surface area contributed by atoms with Crippen LogP contribution in [0.3, 0.4) is 0 Å². The third kappa shape index (κ3) is 3.74. The molecule has 1 fully saturated rings. The molecule has 0 radical (unpaired) electrons. The van der Waals surface area contributed by atoms with E-state index in [2.05, 4.69) is 5.32 Å². The number of halogens is 2. The largest absolute Gasteiger partial charge is 0.316 e. The molecule has 0 unspecified atom stereocenters. The molecule has 1 aliphatic carbocycles. The summed E-state index contributed by atoms with van der Waals surface area (Å²) < 4.78 is 11.9. The average molecular weight is 222 g/mol. The molecule has 1 N–H and O–H groups in total. The molecule has 1 nitrogen and oxygen atoms in total. The van der Waals surface area contributed by atoms with Crippen LogP contribution in [0, 0.1) is 5.41 Å². The predicted octanol–water partition coefficient (Wildman–Crippen LogP) is 3.12. The molecule has 1 aliphatic rings. The summed E-state index contributed by atoms with van der Waals surface area (Å²) in [5, 5.41) is 3.32. The van der Waals surface area contributed by atoms with Gasteiger partial charge in [0.15, 0.2) is 0 Å². The Hall–Kier alpha value is 0.180. The van der Waals surface area contributed by atoms with Gasteiger partial charge >= 0.3 is 0 Å². The van der Waals surface area contributed by atoms with Crippen LogP contribution in [0.4, 0.5) is 4.39 Å². The van der Waals surface area contributed by atoms with Gasteiger partial charge in [0.25, 0.3) is 0 Å². The summed E-state index contributed by atoms with van der Waals surface area (Å²) in [7, 11) is 0. The van der Waals surface area contributed by atoms with Gasteiger partial charge < -0.3 is 5.32 Å². The molecule has 0 spiro atoms. The maximum absolute atomic E-state index is 11.9. The predicted molar refractivity (Wildman–Crippen MR) is 59.7 cm³/mol. The molecule has 3 heteroatoms. The lowest BCUT2D eigenvalue weighted by Gasteiger charge is -2.35. The van der Waals surface area contributed by atoms with Gasteiger partial charge in [-0.05, 0) is 31.2 Å². The van der Waals surface area contributed by atoms with Crippen LogP contribution in [0.25, 0.3) is 0 Å². The molecule has 0 aromatic carbocycles. The van der Waals surface area contributed by atoms with Crippen molar-refractivity contribution in [3.8, 4) is 0 Å². The number of hydrogen-bond acceptors (Lipinski definition) is 1. The zero-order chi connectivity index (χ0) is 10.3. The molecule has 0 aliphatic heterocycles. The topological polar surface area (TPSA) is 12.0 Å². The number of nitrogens with one attached hydrogen (secondary N) is 1. The van der Waals surface area contributed by atoms with Crippen molar-refractivity contribution in [2.24, 2.45) is 5.41 Å². The van der Waals surface area contributed by atoms with Crippen molar-refractivity contribution in [3.63, 3.8) is 0 Å². The van der Waals surface area contributed by atoms with Gasteiger partial charge in [0.1, 0.15) is 0 Å². The van der Waals surface area contributed by atoms with Crippen LogP contribution in [-0.4, -0.2) is 25.6 Å². The maximum Gasteiger partial charge on any atom is 0.0906 e. The van der Waals surface area contributed by atoms with E-state index in [0.29, 0.717) is 11.8 Å². The number of hydrogen-bond donors (Lipinski definition) is 1. The molecule has 0 aromatic rings.